The van der Waals surface area contributed by atoms with E-state index in [9.17, 15) is 0 Å². The molecule has 3 aromatic carbocycles. The van der Waals surface area contributed by atoms with Crippen molar-refractivity contribution < 1.29 is 0 Å². The van der Waals surface area contributed by atoms with E-state index in [1.54, 1.807) is 11.1 Å². The summed E-state index contributed by atoms with van der Waals surface area (Å²) in [6.45, 7) is 29.0. The average molecular weight is 929 g/mol. The largest absolute Gasteiger partial charge is 0.299 e. The van der Waals surface area contributed by atoms with Crippen LogP contribution in [-0.4, -0.2) is 18.0 Å². The van der Waals surface area contributed by atoms with Crippen molar-refractivity contribution in [2.45, 2.75) is 182 Å². The van der Waals surface area contributed by atoms with E-state index in [1.165, 1.54) is 193 Å². The van der Waals surface area contributed by atoms with Crippen LogP contribution in [0.2, 0.25) is 0 Å². The van der Waals surface area contributed by atoms with Gasteiger partial charge in [0.1, 0.15) is 0 Å². The van der Waals surface area contributed by atoms with E-state index in [0.717, 1.165) is 84.0 Å². The summed E-state index contributed by atoms with van der Waals surface area (Å²) in [6.07, 6.45) is 31.3. The van der Waals surface area contributed by atoms with Gasteiger partial charge in [0.2, 0.25) is 0 Å². The van der Waals surface area contributed by atoms with Crippen LogP contribution in [0.15, 0.2) is 127 Å². The molecule has 0 spiro atoms. The lowest BCUT2D eigenvalue weighted by Crippen LogP contribution is -2.37. The van der Waals surface area contributed by atoms with E-state index in [4.69, 9.17) is 0 Å². The highest BCUT2D eigenvalue weighted by molar-refractivity contribution is 5.35. The second-order valence-corrected chi connectivity index (χ2v) is 24.3. The number of allylic oxidation sites excluding steroid dienone is 4. The van der Waals surface area contributed by atoms with Crippen molar-refractivity contribution in [1.82, 2.24) is 4.90 Å². The smallest absolute Gasteiger partial charge is 0.0233 e. The molecular formula is C68H97N. The summed E-state index contributed by atoms with van der Waals surface area (Å²) in [6, 6.07) is 30.0. The summed E-state index contributed by atoms with van der Waals surface area (Å²) in [5.74, 6) is 11.0. The lowest BCUT2D eigenvalue weighted by molar-refractivity contribution is 0.107. The van der Waals surface area contributed by atoms with E-state index in [-0.39, 0.29) is 0 Å². The van der Waals surface area contributed by atoms with Gasteiger partial charge in [0.15, 0.2) is 0 Å². The molecule has 8 fully saturated rings. The van der Waals surface area contributed by atoms with Crippen molar-refractivity contribution >= 4 is 0 Å². The van der Waals surface area contributed by atoms with Crippen molar-refractivity contribution in [3.8, 4) is 0 Å². The first-order chi connectivity index (χ1) is 33.7. The molecule has 0 aliphatic heterocycles. The van der Waals surface area contributed by atoms with Gasteiger partial charge in [0.25, 0.3) is 0 Å². The van der Waals surface area contributed by atoms with Gasteiger partial charge in [-0.05, 0) is 247 Å². The number of rotatable bonds is 12. The molecule has 11 rings (SSSR count). The Morgan fingerprint density at radius 2 is 0.681 bits per heavy atom. The van der Waals surface area contributed by atoms with Gasteiger partial charge < -0.3 is 0 Å². The highest BCUT2D eigenvalue weighted by atomic mass is 15.1. The maximum atomic E-state index is 4.33. The van der Waals surface area contributed by atoms with Crippen LogP contribution < -0.4 is 0 Å². The molecule has 0 bridgehead atoms. The summed E-state index contributed by atoms with van der Waals surface area (Å²) in [5.41, 5.74) is 13.8. The molecule has 0 aromatic heterocycles. The quantitative estimate of drug-likeness (QED) is 0.164. The Kier molecular flexibility index (Phi) is 19.0. The van der Waals surface area contributed by atoms with Crippen molar-refractivity contribution in [3.05, 3.63) is 155 Å². The van der Waals surface area contributed by atoms with Crippen LogP contribution in [0, 0.1) is 71.0 Å². The molecular weight excluding hydrogens is 831 g/mol. The molecule has 8 aliphatic rings. The van der Waals surface area contributed by atoms with Crippen LogP contribution in [0.3, 0.4) is 0 Å². The molecule has 0 saturated heterocycles. The Morgan fingerprint density at radius 3 is 1.07 bits per heavy atom. The zero-order valence-corrected chi connectivity index (χ0v) is 44.6. The van der Waals surface area contributed by atoms with E-state index in [1.807, 2.05) is 27.7 Å². The van der Waals surface area contributed by atoms with E-state index in [0.29, 0.717) is 0 Å². The van der Waals surface area contributed by atoms with Crippen molar-refractivity contribution in [1.29, 1.82) is 0 Å². The zero-order chi connectivity index (χ0) is 48.3. The van der Waals surface area contributed by atoms with Gasteiger partial charge >= 0.3 is 0 Å². The summed E-state index contributed by atoms with van der Waals surface area (Å²) in [5, 5.41) is 0. The summed E-state index contributed by atoms with van der Waals surface area (Å²) in [7, 11) is 0. The second-order valence-electron chi connectivity index (χ2n) is 24.3. The van der Waals surface area contributed by atoms with Gasteiger partial charge in [-0.15, -0.1) is 0 Å². The third-order valence-corrected chi connectivity index (χ3v) is 19.1. The van der Waals surface area contributed by atoms with E-state index < -0.39 is 0 Å². The van der Waals surface area contributed by atoms with Crippen molar-refractivity contribution in [2.75, 3.05) is 13.1 Å². The van der Waals surface area contributed by atoms with Gasteiger partial charge in [-0.3, -0.25) is 4.90 Å². The van der Waals surface area contributed by atoms with Gasteiger partial charge in [-0.2, -0.15) is 0 Å². The number of hydrogen-bond acceptors (Lipinski definition) is 1. The van der Waals surface area contributed by atoms with Crippen LogP contribution in [0.1, 0.15) is 184 Å². The number of nitrogens with zero attached hydrogens (tertiary/aromatic N) is 1. The summed E-state index contributed by atoms with van der Waals surface area (Å²) < 4.78 is 0. The standard InChI is InChI=1S/C35H44.C29H41N.2C2H6/c1-24-12-32-10-8-27(22-34(32)14-24)17-30-19-29(16-26-6-4-3-5-7-26)20-31(21-30)18-28-9-11-33-13-25(2)15-35(33)23-28;1-21-12-26-10-8-24(16-28(26)14-21)19-30(18-23-6-4-3-5-7-23)20-25-9-11-27-13-22(2)15-29(27)17-25;2*1-2/h3-7,19-21,27-28,32-35H,1-2,8-18,22-23H2;3-7,24-29H,1-2,8-20H2;2*1-2H3/t27-,28?,32?,33?,34+,35+;24-,25?,26?,27?,28-,29-;;/m01../s1. The molecule has 69 heavy (non-hydrogen) atoms. The SMILES string of the molecule is C=C1CC2CCC(CN(Cc3ccccc3)C[C@@H]3CCC4CC(=C)C[C@@H]4C3)C[C@H]2C1.C=C1CC2CCC(Cc3cc(Cc4ccccc4)cc(C[C@@H]4CCC5CC(=C)C[C@@H]5C4)c3)C[C@H]2C1.CC.CC. The first-order valence-corrected chi connectivity index (χ1v) is 29.3. The third kappa shape index (κ3) is 14.4. The number of hydrogen-bond donors (Lipinski definition) is 0. The van der Waals surface area contributed by atoms with E-state index >= 15 is 0 Å². The first kappa shape index (κ1) is 51.9. The lowest BCUT2D eigenvalue weighted by atomic mass is 9.73. The number of fused-ring (bicyclic) bond motifs is 4. The maximum absolute atomic E-state index is 4.33. The topological polar surface area (TPSA) is 3.24 Å². The fourth-order valence-electron chi connectivity index (χ4n) is 16.2. The molecule has 374 valence electrons. The van der Waals surface area contributed by atoms with Gasteiger partial charge in [0.05, 0.1) is 0 Å². The van der Waals surface area contributed by atoms with Gasteiger partial charge in [-0.1, -0.05) is 155 Å². The van der Waals surface area contributed by atoms with Crippen LogP contribution in [0.25, 0.3) is 0 Å². The minimum atomic E-state index is 0.863. The molecule has 8 aliphatic carbocycles. The molecule has 0 N–H and O–H groups in total. The second kappa shape index (κ2) is 25.3. The fourth-order valence-corrected chi connectivity index (χ4v) is 16.2. The molecule has 1 heteroatoms. The Balaban J connectivity index is 0.000000175. The normalized spacial score (nSPS) is 32.4. The molecule has 1 nitrogen and oxygen atoms in total. The van der Waals surface area contributed by atoms with Gasteiger partial charge in [0, 0.05) is 19.6 Å². The van der Waals surface area contributed by atoms with Crippen LogP contribution >= 0.6 is 0 Å². The molecule has 0 radical (unpaired) electrons. The third-order valence-electron chi connectivity index (χ3n) is 19.1. The summed E-state index contributed by atoms with van der Waals surface area (Å²) >= 11 is 0. The molecule has 3 aromatic rings. The van der Waals surface area contributed by atoms with Gasteiger partial charge in [-0.25, -0.2) is 0 Å². The number of benzene rings is 3. The van der Waals surface area contributed by atoms with Crippen LogP contribution in [-0.2, 0) is 25.8 Å². The van der Waals surface area contributed by atoms with Crippen molar-refractivity contribution in [2.24, 2.45) is 71.0 Å². The van der Waals surface area contributed by atoms with Crippen LogP contribution in [0.5, 0.6) is 0 Å². The maximum Gasteiger partial charge on any atom is 0.0233 e. The molecule has 6 unspecified atom stereocenters. The van der Waals surface area contributed by atoms with Crippen LogP contribution in [0.4, 0.5) is 0 Å². The zero-order valence-electron chi connectivity index (χ0n) is 44.6. The van der Waals surface area contributed by atoms with E-state index in [2.05, 4.69) is 110 Å². The summed E-state index contributed by atoms with van der Waals surface area (Å²) in [4.78, 5) is 2.85. The molecule has 12 atom stereocenters. The Morgan fingerprint density at radius 1 is 0.362 bits per heavy atom. The Hall–Kier alpha value is -3.42. The first-order valence-electron chi connectivity index (χ1n) is 29.3. The predicted octanol–water partition coefficient (Wildman–Crippen LogP) is 18.4. The highest BCUT2D eigenvalue weighted by Crippen LogP contribution is 2.50. The van der Waals surface area contributed by atoms with Crippen molar-refractivity contribution in [3.63, 3.8) is 0 Å². The highest BCUT2D eigenvalue weighted by Gasteiger charge is 2.39. The Bertz CT molecular complexity index is 2000. The minimum Gasteiger partial charge on any atom is -0.299 e. The molecule has 0 heterocycles. The minimum absolute atomic E-state index is 0.863. The predicted molar refractivity (Wildman–Crippen MR) is 298 cm³/mol. The fraction of sp³-hybridized carbons (Fsp3) is 0.618. The molecule has 8 saturated carbocycles. The average Bonchev–Trinajstić information content (AvgIpc) is 4.13. The molecule has 0 amide bonds. The lowest BCUT2D eigenvalue weighted by Gasteiger charge is -2.38. The Labute approximate surface area is 424 Å². The monoisotopic (exact) mass is 928 g/mol.